The molecule has 1 rings (SSSR count). The van der Waals surface area contributed by atoms with Crippen molar-refractivity contribution in [1.29, 1.82) is 0 Å². The van der Waals surface area contributed by atoms with Gasteiger partial charge < -0.3 is 11.5 Å². The maximum atomic E-state index is 9.43. The Bertz CT molecular complexity index is 195. The van der Waals surface area contributed by atoms with Crippen LogP contribution in [-0.2, 0) is 30.7 Å². The quantitative estimate of drug-likeness (QED) is 0.469. The standard InChI is InChI=1S/C6H14N2.C2Cl2O2.Pt/c7-5-3-1-2-4-6(5)8;3-1(5)2(4)6;/h5-6H,1-4,7-8H2;;/q;;+2. The Kier molecular flexibility index (Phi) is 11.6. The van der Waals surface area contributed by atoms with Crippen molar-refractivity contribution in [2.75, 3.05) is 0 Å². The summed E-state index contributed by atoms with van der Waals surface area (Å²) in [6.45, 7) is 0. The molecular weight excluding hydrogens is 422 g/mol. The zero-order valence-electron chi connectivity index (χ0n) is 8.03. The first-order chi connectivity index (χ1) is 6.45. The molecule has 1 saturated carbocycles. The largest absolute Gasteiger partial charge is 2.00 e. The normalized spacial score (nSPS) is 24.3. The van der Waals surface area contributed by atoms with Crippen molar-refractivity contribution in [3.05, 3.63) is 0 Å². The number of rotatable bonds is 1. The van der Waals surface area contributed by atoms with Crippen LogP contribution in [0.25, 0.3) is 0 Å². The molecule has 0 amide bonds. The Morgan fingerprint density at radius 2 is 1.20 bits per heavy atom. The van der Waals surface area contributed by atoms with Crippen LogP contribution in [0.5, 0.6) is 0 Å². The van der Waals surface area contributed by atoms with Crippen LogP contribution >= 0.6 is 23.2 Å². The van der Waals surface area contributed by atoms with Gasteiger partial charge >= 0.3 is 31.6 Å². The Hall–Kier alpha value is 0.528. The minimum atomic E-state index is -1.14. The molecule has 2 unspecified atom stereocenters. The molecule has 7 heteroatoms. The van der Waals surface area contributed by atoms with E-state index >= 15 is 0 Å². The van der Waals surface area contributed by atoms with Crippen LogP contribution in [0.3, 0.4) is 0 Å². The summed E-state index contributed by atoms with van der Waals surface area (Å²) in [7, 11) is 0. The second kappa shape index (κ2) is 9.73. The van der Waals surface area contributed by atoms with E-state index in [1.54, 1.807) is 0 Å². The molecule has 90 valence electrons. The van der Waals surface area contributed by atoms with Crippen LogP contribution < -0.4 is 11.5 Å². The Morgan fingerprint density at radius 3 is 1.33 bits per heavy atom. The van der Waals surface area contributed by atoms with Gasteiger partial charge in [-0.2, -0.15) is 0 Å². The van der Waals surface area contributed by atoms with Crippen molar-refractivity contribution in [1.82, 2.24) is 0 Å². The maximum absolute atomic E-state index is 9.43. The fourth-order valence-electron chi connectivity index (χ4n) is 1.19. The van der Waals surface area contributed by atoms with Crippen LogP contribution in [-0.4, -0.2) is 22.6 Å². The molecule has 1 aliphatic carbocycles. The fourth-order valence-corrected chi connectivity index (χ4v) is 1.19. The third-order valence-electron chi connectivity index (χ3n) is 2.03. The van der Waals surface area contributed by atoms with Gasteiger partial charge in [0.15, 0.2) is 0 Å². The maximum Gasteiger partial charge on any atom is 2.00 e. The average molecular weight is 436 g/mol. The molecule has 0 aromatic heterocycles. The summed E-state index contributed by atoms with van der Waals surface area (Å²) in [5.41, 5.74) is 11.3. The molecule has 1 fully saturated rings. The molecule has 0 bridgehead atoms. The van der Waals surface area contributed by atoms with Gasteiger partial charge in [0, 0.05) is 12.1 Å². The fraction of sp³-hybridized carbons (Fsp3) is 0.750. The smallest absolute Gasteiger partial charge is 0.326 e. The van der Waals surface area contributed by atoms with E-state index in [1.807, 2.05) is 0 Å². The van der Waals surface area contributed by atoms with Gasteiger partial charge in [0.05, 0.1) is 0 Å². The van der Waals surface area contributed by atoms with Gasteiger partial charge in [-0.3, -0.25) is 9.59 Å². The molecule has 0 spiro atoms. The van der Waals surface area contributed by atoms with Gasteiger partial charge in [0.2, 0.25) is 0 Å². The van der Waals surface area contributed by atoms with Crippen LogP contribution in [0.1, 0.15) is 25.7 Å². The molecular formula is C8H14Cl2N2O2Pt+2. The van der Waals surface area contributed by atoms with E-state index in [9.17, 15) is 9.59 Å². The third kappa shape index (κ3) is 9.46. The second-order valence-corrected chi connectivity index (χ2v) is 3.85. The summed E-state index contributed by atoms with van der Waals surface area (Å²) in [6, 6.07) is 0.562. The van der Waals surface area contributed by atoms with E-state index in [2.05, 4.69) is 23.2 Å². The number of halogens is 2. The first-order valence-corrected chi connectivity index (χ1v) is 5.11. The van der Waals surface area contributed by atoms with Crippen LogP contribution in [0.4, 0.5) is 0 Å². The summed E-state index contributed by atoms with van der Waals surface area (Å²) in [5.74, 6) is 0. The van der Waals surface area contributed by atoms with Crippen molar-refractivity contribution in [3.8, 4) is 0 Å². The van der Waals surface area contributed by atoms with Gasteiger partial charge in [0.25, 0.3) is 0 Å². The van der Waals surface area contributed by atoms with E-state index in [0.29, 0.717) is 0 Å². The summed E-state index contributed by atoms with van der Waals surface area (Å²) < 4.78 is 0. The van der Waals surface area contributed by atoms with Crippen molar-refractivity contribution in [2.24, 2.45) is 11.5 Å². The monoisotopic (exact) mass is 435 g/mol. The minimum absolute atomic E-state index is 0. The van der Waals surface area contributed by atoms with Crippen LogP contribution in [0, 0.1) is 0 Å². The van der Waals surface area contributed by atoms with E-state index < -0.39 is 10.5 Å². The SMILES string of the molecule is NC1CCCCC1N.O=C(Cl)C(=O)Cl.[Pt+2]. The van der Waals surface area contributed by atoms with E-state index in [0.717, 1.165) is 12.8 Å². The molecule has 1 aliphatic rings. The van der Waals surface area contributed by atoms with Gasteiger partial charge in [-0.15, -0.1) is 0 Å². The molecule has 2 atom stereocenters. The minimum Gasteiger partial charge on any atom is -0.326 e. The van der Waals surface area contributed by atoms with E-state index in [1.165, 1.54) is 12.8 Å². The Balaban J connectivity index is 0. The van der Waals surface area contributed by atoms with Gasteiger partial charge in [-0.05, 0) is 36.0 Å². The first-order valence-electron chi connectivity index (χ1n) is 4.35. The molecule has 0 heterocycles. The van der Waals surface area contributed by atoms with E-state index in [4.69, 9.17) is 11.5 Å². The van der Waals surface area contributed by atoms with Crippen molar-refractivity contribution < 1.29 is 30.7 Å². The summed E-state index contributed by atoms with van der Waals surface area (Å²) >= 11 is 8.98. The van der Waals surface area contributed by atoms with Crippen LogP contribution in [0.2, 0.25) is 0 Å². The van der Waals surface area contributed by atoms with Crippen molar-refractivity contribution >= 4 is 33.7 Å². The molecule has 4 N–H and O–H groups in total. The summed E-state index contributed by atoms with van der Waals surface area (Å²) in [5, 5.41) is -2.28. The van der Waals surface area contributed by atoms with Crippen molar-refractivity contribution in [2.45, 2.75) is 37.8 Å². The van der Waals surface area contributed by atoms with Crippen molar-refractivity contribution in [3.63, 3.8) is 0 Å². The molecule has 0 aliphatic heterocycles. The predicted molar refractivity (Wildman–Crippen MR) is 56.1 cm³/mol. The van der Waals surface area contributed by atoms with Gasteiger partial charge in [-0.1, -0.05) is 12.8 Å². The zero-order chi connectivity index (χ0) is 11.1. The number of nitrogens with two attached hydrogens (primary N) is 2. The molecule has 15 heavy (non-hydrogen) atoms. The van der Waals surface area contributed by atoms with E-state index in [-0.39, 0.29) is 33.1 Å². The predicted octanol–water partition coefficient (Wildman–Crippen LogP) is 0.730. The number of hydrogen-bond acceptors (Lipinski definition) is 4. The zero-order valence-corrected chi connectivity index (χ0v) is 11.8. The van der Waals surface area contributed by atoms with Crippen LogP contribution in [0.15, 0.2) is 0 Å². The molecule has 4 nitrogen and oxygen atoms in total. The Labute approximate surface area is 113 Å². The summed E-state index contributed by atoms with van der Waals surface area (Å²) in [4.78, 5) is 18.9. The number of hydrogen-bond donors (Lipinski definition) is 2. The number of carbonyl (C=O) groups excluding carboxylic acids is 2. The topological polar surface area (TPSA) is 86.2 Å². The average Bonchev–Trinajstić information content (AvgIpc) is 2.11. The first kappa shape index (κ1) is 17.9. The molecule has 0 aromatic carbocycles. The molecule has 0 radical (unpaired) electrons. The second-order valence-electron chi connectivity index (χ2n) is 3.16. The molecule has 0 saturated heterocycles. The third-order valence-corrected chi connectivity index (χ3v) is 2.47. The summed E-state index contributed by atoms with van der Waals surface area (Å²) in [6.07, 6.45) is 4.80. The number of carbonyl (C=O) groups is 2. The van der Waals surface area contributed by atoms with Gasteiger partial charge in [0.1, 0.15) is 0 Å². The molecule has 0 aromatic rings. The Morgan fingerprint density at radius 1 is 0.933 bits per heavy atom. The van der Waals surface area contributed by atoms with Gasteiger partial charge in [-0.25, -0.2) is 0 Å².